The van der Waals surface area contributed by atoms with Gasteiger partial charge in [-0.15, -0.1) is 0 Å². The zero-order valence-electron chi connectivity index (χ0n) is 17.2. The van der Waals surface area contributed by atoms with Crippen LogP contribution in [0.5, 0.6) is 11.5 Å². The normalized spacial score (nSPS) is 10.9. The van der Waals surface area contributed by atoms with Gasteiger partial charge in [-0.3, -0.25) is 0 Å². The Bertz CT molecular complexity index is 646. The number of aromatic hydroxyl groups is 1. The molecule has 0 atom stereocenters. The van der Waals surface area contributed by atoms with Gasteiger partial charge in [0.25, 0.3) is 0 Å². The summed E-state index contributed by atoms with van der Waals surface area (Å²) in [4.78, 5) is 0. The number of unbranched alkanes of at least 4 members (excludes halogenated alkanes) is 9. The Morgan fingerprint density at radius 1 is 0.857 bits per heavy atom. The number of ether oxygens (including phenoxy) is 1. The van der Waals surface area contributed by atoms with E-state index in [0.717, 1.165) is 24.3 Å². The highest BCUT2D eigenvalue weighted by Gasteiger charge is 2.07. The lowest BCUT2D eigenvalue weighted by Crippen LogP contribution is -1.98. The molecule has 0 saturated carbocycles. The van der Waals surface area contributed by atoms with E-state index in [1.165, 1.54) is 57.8 Å². The summed E-state index contributed by atoms with van der Waals surface area (Å²) < 4.78 is 5.85. The lowest BCUT2D eigenvalue weighted by molar-refractivity contribution is 0.304. The summed E-state index contributed by atoms with van der Waals surface area (Å²) in [7, 11) is 0. The van der Waals surface area contributed by atoms with Crippen molar-refractivity contribution in [3.05, 3.63) is 58.6 Å². The van der Waals surface area contributed by atoms with Gasteiger partial charge in [-0.2, -0.15) is 0 Å². The predicted octanol–water partition coefficient (Wildman–Crippen LogP) is 7.74. The molecule has 0 bridgehead atoms. The van der Waals surface area contributed by atoms with E-state index in [1.54, 1.807) is 12.1 Å². The van der Waals surface area contributed by atoms with E-state index in [9.17, 15) is 5.11 Å². The van der Waals surface area contributed by atoms with Gasteiger partial charge in [-0.1, -0.05) is 88.4 Å². The molecule has 0 unspecified atom stereocenters. The molecule has 0 fully saturated rings. The third-order valence-electron chi connectivity index (χ3n) is 5.10. The maximum atomic E-state index is 9.95. The molecule has 0 amide bonds. The van der Waals surface area contributed by atoms with Crippen LogP contribution in [0.4, 0.5) is 0 Å². The lowest BCUT2D eigenvalue weighted by Gasteiger charge is -2.09. The first-order valence-corrected chi connectivity index (χ1v) is 11.2. The quantitative estimate of drug-likeness (QED) is 0.328. The smallest absolute Gasteiger partial charge is 0.120 e. The third kappa shape index (κ3) is 8.56. The van der Waals surface area contributed by atoms with Gasteiger partial charge in [-0.05, 0) is 36.2 Å². The minimum absolute atomic E-state index is 0.213. The monoisotopic (exact) mass is 401 g/mol. The molecule has 1 N–H and O–H groups in total. The number of hydrogen-bond donors (Lipinski definition) is 1. The van der Waals surface area contributed by atoms with Crippen LogP contribution >= 0.6 is 11.6 Å². The highest BCUT2D eigenvalue weighted by atomic mass is 35.5. The average molecular weight is 402 g/mol. The minimum atomic E-state index is 0.213. The molecule has 2 rings (SSSR count). The number of rotatable bonds is 14. The maximum absolute atomic E-state index is 9.95. The zero-order chi connectivity index (χ0) is 20.0. The Labute approximate surface area is 175 Å². The zero-order valence-corrected chi connectivity index (χ0v) is 17.9. The maximum Gasteiger partial charge on any atom is 0.120 e. The first kappa shape index (κ1) is 22.6. The van der Waals surface area contributed by atoms with Crippen molar-refractivity contribution >= 4 is 11.6 Å². The molecule has 3 heteroatoms. The summed E-state index contributed by atoms with van der Waals surface area (Å²) in [6, 6.07) is 14.2. The first-order chi connectivity index (χ1) is 13.7. The topological polar surface area (TPSA) is 29.5 Å². The van der Waals surface area contributed by atoms with Crippen molar-refractivity contribution in [2.24, 2.45) is 0 Å². The number of phenols is 1. The van der Waals surface area contributed by atoms with Gasteiger partial charge in [0.05, 0.1) is 11.6 Å². The summed E-state index contributed by atoms with van der Waals surface area (Å²) in [6.45, 7) is 3.04. The molecule has 2 nitrogen and oxygen atoms in total. The fraction of sp³-hybridized carbons (Fsp3) is 0.520. The van der Waals surface area contributed by atoms with Gasteiger partial charge in [0, 0.05) is 18.1 Å². The highest BCUT2D eigenvalue weighted by Crippen LogP contribution is 2.28. The molecular formula is C25H34ClO2. The molecule has 153 valence electrons. The third-order valence-corrected chi connectivity index (χ3v) is 5.43. The van der Waals surface area contributed by atoms with Crippen LogP contribution < -0.4 is 4.74 Å². The van der Waals surface area contributed by atoms with Crippen molar-refractivity contribution in [3.63, 3.8) is 0 Å². The van der Waals surface area contributed by atoms with Crippen molar-refractivity contribution < 1.29 is 9.84 Å². The number of hydrogen-bond acceptors (Lipinski definition) is 2. The summed E-state index contributed by atoms with van der Waals surface area (Å²) in [5, 5.41) is 10.4. The average Bonchev–Trinajstić information content (AvgIpc) is 2.70. The Kier molecular flexibility index (Phi) is 10.9. The van der Waals surface area contributed by atoms with Crippen LogP contribution in [-0.2, 0) is 6.42 Å². The van der Waals surface area contributed by atoms with Crippen molar-refractivity contribution in [1.82, 2.24) is 0 Å². The van der Waals surface area contributed by atoms with E-state index in [-0.39, 0.29) is 5.75 Å². The lowest BCUT2D eigenvalue weighted by atomic mass is 10.0. The Morgan fingerprint density at radius 2 is 1.46 bits per heavy atom. The molecule has 0 saturated heterocycles. The number of benzene rings is 2. The number of phenolic OH excluding ortho intramolecular Hbond substituents is 1. The Morgan fingerprint density at radius 3 is 2.07 bits per heavy atom. The SMILES string of the molecule is CCCCCCCCCCCCOc1ccc(Cc2c(Cl)[c]ccc2O)cc1. The molecule has 2 aromatic rings. The van der Waals surface area contributed by atoms with Crippen molar-refractivity contribution in [1.29, 1.82) is 0 Å². The van der Waals surface area contributed by atoms with Crippen molar-refractivity contribution in [2.75, 3.05) is 6.61 Å². The van der Waals surface area contributed by atoms with Crippen LogP contribution in [0.2, 0.25) is 5.02 Å². The predicted molar refractivity (Wildman–Crippen MR) is 119 cm³/mol. The second kappa shape index (κ2) is 13.5. The van der Waals surface area contributed by atoms with Crippen molar-refractivity contribution in [3.8, 4) is 11.5 Å². The molecule has 1 radical (unpaired) electrons. The summed E-state index contributed by atoms with van der Waals surface area (Å²) in [6.07, 6.45) is 13.9. The summed E-state index contributed by atoms with van der Waals surface area (Å²) >= 11 is 6.13. The molecule has 0 aliphatic carbocycles. The van der Waals surface area contributed by atoms with Crippen LogP contribution in [0, 0.1) is 6.07 Å². The van der Waals surface area contributed by atoms with Gasteiger partial charge in [0.1, 0.15) is 11.5 Å². The van der Waals surface area contributed by atoms with Gasteiger partial charge >= 0.3 is 0 Å². The Balaban J connectivity index is 1.58. The van der Waals surface area contributed by atoms with Crippen LogP contribution in [-0.4, -0.2) is 11.7 Å². The van der Waals surface area contributed by atoms with Crippen LogP contribution in [0.15, 0.2) is 36.4 Å². The van der Waals surface area contributed by atoms with Crippen LogP contribution in [0.1, 0.15) is 82.3 Å². The standard InChI is InChI=1S/C25H34ClO2/c1-2-3-4-5-6-7-8-9-10-11-19-28-22-17-15-21(16-18-22)20-23-24(26)13-12-14-25(23)27/h12,14-18,27H,2-11,19-20H2,1H3. The van der Waals surface area contributed by atoms with E-state index < -0.39 is 0 Å². The van der Waals surface area contributed by atoms with Crippen LogP contribution in [0.25, 0.3) is 0 Å². The highest BCUT2D eigenvalue weighted by molar-refractivity contribution is 6.31. The van der Waals surface area contributed by atoms with Crippen molar-refractivity contribution in [2.45, 2.75) is 77.6 Å². The second-order valence-electron chi connectivity index (χ2n) is 7.51. The van der Waals surface area contributed by atoms with E-state index in [2.05, 4.69) is 13.0 Å². The molecule has 0 heterocycles. The molecule has 0 aliphatic rings. The molecule has 0 aromatic heterocycles. The van der Waals surface area contributed by atoms with E-state index >= 15 is 0 Å². The number of halogens is 1. The minimum Gasteiger partial charge on any atom is -0.508 e. The van der Waals surface area contributed by atoms with Gasteiger partial charge in [0.2, 0.25) is 0 Å². The summed E-state index contributed by atoms with van der Waals surface area (Å²) in [5.74, 6) is 1.11. The molecule has 2 aromatic carbocycles. The fourth-order valence-corrected chi connectivity index (χ4v) is 3.58. The molecule has 0 aliphatic heterocycles. The molecule has 0 spiro atoms. The largest absolute Gasteiger partial charge is 0.508 e. The van der Waals surface area contributed by atoms with Gasteiger partial charge in [0.15, 0.2) is 0 Å². The molecular weight excluding hydrogens is 368 g/mol. The summed E-state index contributed by atoms with van der Waals surface area (Å²) in [5.41, 5.74) is 1.80. The van der Waals surface area contributed by atoms with E-state index in [1.807, 2.05) is 24.3 Å². The molecule has 28 heavy (non-hydrogen) atoms. The fourth-order valence-electron chi connectivity index (χ4n) is 3.35. The second-order valence-corrected chi connectivity index (χ2v) is 7.88. The first-order valence-electron chi connectivity index (χ1n) is 10.8. The van der Waals surface area contributed by atoms with E-state index in [0.29, 0.717) is 17.0 Å². The van der Waals surface area contributed by atoms with E-state index in [4.69, 9.17) is 16.3 Å². The Hall–Kier alpha value is -1.67. The van der Waals surface area contributed by atoms with Gasteiger partial charge in [-0.25, -0.2) is 0 Å². The van der Waals surface area contributed by atoms with Crippen LogP contribution in [0.3, 0.4) is 0 Å². The van der Waals surface area contributed by atoms with Gasteiger partial charge < -0.3 is 9.84 Å².